The summed E-state index contributed by atoms with van der Waals surface area (Å²) in [6.45, 7) is 3.04. The number of nitrogens with zero attached hydrogens (tertiary/aromatic N) is 1. The Morgan fingerprint density at radius 2 is 2.19 bits per heavy atom. The summed E-state index contributed by atoms with van der Waals surface area (Å²) in [4.78, 5) is 24.4. The summed E-state index contributed by atoms with van der Waals surface area (Å²) < 4.78 is 0. The fraction of sp³-hybridized carbons (Fsp3) is 0.467. The number of aliphatic hydroxyl groups is 1. The molecule has 2 rings (SSSR count). The number of rotatable bonds is 4. The molecule has 1 aliphatic heterocycles. The summed E-state index contributed by atoms with van der Waals surface area (Å²) in [6.07, 6.45) is 1.15. The lowest BCUT2D eigenvalue weighted by Gasteiger charge is -2.19. The van der Waals surface area contributed by atoms with Crippen molar-refractivity contribution in [2.24, 2.45) is 0 Å². The molecule has 1 saturated heterocycles. The topological polar surface area (TPSA) is 89.9 Å². The molecule has 1 atom stereocenters. The summed E-state index contributed by atoms with van der Waals surface area (Å²) in [6, 6.07) is 6.48. The Morgan fingerprint density at radius 3 is 2.81 bits per heavy atom. The van der Waals surface area contributed by atoms with Crippen molar-refractivity contribution < 1.29 is 19.8 Å². The third kappa shape index (κ3) is 4.19. The molecule has 1 unspecified atom stereocenters. The number of carboxylic acid groups (broad SMARTS) is 1. The summed E-state index contributed by atoms with van der Waals surface area (Å²) in [7, 11) is 0. The van der Waals surface area contributed by atoms with Crippen LogP contribution < -0.4 is 5.32 Å². The highest BCUT2D eigenvalue weighted by atomic mass is 16.4. The van der Waals surface area contributed by atoms with Gasteiger partial charge in [0.05, 0.1) is 17.7 Å². The summed E-state index contributed by atoms with van der Waals surface area (Å²) in [5, 5.41) is 21.5. The number of carboxylic acids is 1. The molecule has 0 radical (unpaired) electrons. The molecular formula is C15H20N2O4. The van der Waals surface area contributed by atoms with Crippen LogP contribution in [0.25, 0.3) is 0 Å². The van der Waals surface area contributed by atoms with Gasteiger partial charge in [-0.3, -0.25) is 0 Å². The van der Waals surface area contributed by atoms with E-state index in [1.54, 1.807) is 24.0 Å². The molecule has 6 heteroatoms. The van der Waals surface area contributed by atoms with E-state index in [1.807, 2.05) is 6.07 Å². The minimum atomic E-state index is -0.958. The molecule has 1 heterocycles. The highest BCUT2D eigenvalue weighted by molar-refractivity contribution is 5.87. The Morgan fingerprint density at radius 1 is 1.43 bits per heavy atom. The first kappa shape index (κ1) is 15.3. The predicted octanol–water partition coefficient (Wildman–Crippen LogP) is 1.09. The summed E-state index contributed by atoms with van der Waals surface area (Å²) >= 11 is 0. The van der Waals surface area contributed by atoms with Crippen molar-refractivity contribution in [3.63, 3.8) is 0 Å². The van der Waals surface area contributed by atoms with Crippen molar-refractivity contribution >= 4 is 12.0 Å². The Bertz CT molecular complexity index is 542. The van der Waals surface area contributed by atoms with Crippen molar-refractivity contribution in [3.8, 4) is 0 Å². The number of aromatic carboxylic acids is 1. The monoisotopic (exact) mass is 292 g/mol. The SMILES string of the molecule is CC1(O)CCN(C(=O)NCCc2cccc(C(=O)O)c2)C1. The van der Waals surface area contributed by atoms with Gasteiger partial charge in [0.15, 0.2) is 0 Å². The molecular weight excluding hydrogens is 272 g/mol. The maximum atomic E-state index is 11.9. The standard InChI is InChI=1S/C15H20N2O4/c1-15(21)6-8-17(10-15)14(20)16-7-5-11-3-2-4-12(9-11)13(18)19/h2-4,9,21H,5-8,10H2,1H3,(H,16,20)(H,18,19). The molecule has 0 saturated carbocycles. The second kappa shape index (κ2) is 6.13. The lowest BCUT2D eigenvalue weighted by atomic mass is 10.1. The van der Waals surface area contributed by atoms with Crippen LogP contribution >= 0.6 is 0 Å². The number of carbonyl (C=O) groups is 2. The molecule has 114 valence electrons. The zero-order valence-corrected chi connectivity index (χ0v) is 12.0. The smallest absolute Gasteiger partial charge is 0.335 e. The quantitative estimate of drug-likeness (QED) is 0.775. The zero-order valence-electron chi connectivity index (χ0n) is 12.0. The number of hydrogen-bond acceptors (Lipinski definition) is 3. The van der Waals surface area contributed by atoms with E-state index in [0.29, 0.717) is 32.5 Å². The summed E-state index contributed by atoms with van der Waals surface area (Å²) in [5.41, 5.74) is 0.311. The van der Waals surface area contributed by atoms with Crippen LogP contribution in [0.1, 0.15) is 29.3 Å². The van der Waals surface area contributed by atoms with Crippen LogP contribution in [0.2, 0.25) is 0 Å². The van der Waals surface area contributed by atoms with Gasteiger partial charge in [0.2, 0.25) is 0 Å². The van der Waals surface area contributed by atoms with Crippen LogP contribution in [0, 0.1) is 0 Å². The van der Waals surface area contributed by atoms with Gasteiger partial charge in [-0.1, -0.05) is 12.1 Å². The highest BCUT2D eigenvalue weighted by Crippen LogP contribution is 2.19. The lowest BCUT2D eigenvalue weighted by Crippen LogP contribution is -2.41. The van der Waals surface area contributed by atoms with Gasteiger partial charge in [-0.25, -0.2) is 9.59 Å². The molecule has 3 N–H and O–H groups in total. The van der Waals surface area contributed by atoms with Gasteiger partial charge in [0.25, 0.3) is 0 Å². The number of carbonyl (C=O) groups excluding carboxylic acids is 1. The average molecular weight is 292 g/mol. The molecule has 1 aromatic rings. The largest absolute Gasteiger partial charge is 0.478 e. The number of hydrogen-bond donors (Lipinski definition) is 3. The van der Waals surface area contributed by atoms with E-state index in [2.05, 4.69) is 5.32 Å². The van der Waals surface area contributed by atoms with Crippen LogP contribution in [0.15, 0.2) is 24.3 Å². The van der Waals surface area contributed by atoms with E-state index in [4.69, 9.17) is 5.11 Å². The second-order valence-corrected chi connectivity index (χ2v) is 5.66. The van der Waals surface area contributed by atoms with Gasteiger partial charge < -0.3 is 20.4 Å². The Hall–Kier alpha value is -2.08. The molecule has 21 heavy (non-hydrogen) atoms. The molecule has 6 nitrogen and oxygen atoms in total. The third-order valence-corrected chi connectivity index (χ3v) is 3.60. The highest BCUT2D eigenvalue weighted by Gasteiger charge is 2.33. The zero-order chi connectivity index (χ0) is 15.5. The number of amides is 2. The first-order valence-corrected chi connectivity index (χ1v) is 6.95. The van der Waals surface area contributed by atoms with Crippen LogP contribution in [-0.4, -0.2) is 52.3 Å². The van der Waals surface area contributed by atoms with Crippen LogP contribution in [0.4, 0.5) is 4.79 Å². The van der Waals surface area contributed by atoms with Crippen LogP contribution in [0.3, 0.4) is 0 Å². The van der Waals surface area contributed by atoms with E-state index >= 15 is 0 Å². The number of benzene rings is 1. The van der Waals surface area contributed by atoms with Crippen molar-refractivity contribution in [2.75, 3.05) is 19.6 Å². The number of likely N-dealkylation sites (tertiary alicyclic amines) is 1. The van der Waals surface area contributed by atoms with Gasteiger partial charge in [0, 0.05) is 13.1 Å². The number of urea groups is 1. The van der Waals surface area contributed by atoms with Crippen molar-refractivity contribution in [3.05, 3.63) is 35.4 Å². The van der Waals surface area contributed by atoms with Crippen LogP contribution in [0.5, 0.6) is 0 Å². The first-order chi connectivity index (χ1) is 9.87. The van der Waals surface area contributed by atoms with Crippen LogP contribution in [-0.2, 0) is 6.42 Å². The van der Waals surface area contributed by atoms with E-state index in [9.17, 15) is 14.7 Å². The van der Waals surface area contributed by atoms with E-state index in [-0.39, 0.29) is 11.6 Å². The molecule has 1 aliphatic rings. The third-order valence-electron chi connectivity index (χ3n) is 3.60. The number of β-amino-alcohol motifs (C(OH)–C–C–N with tert-alkyl or cyclic N) is 1. The van der Waals surface area contributed by atoms with Crippen molar-refractivity contribution in [2.45, 2.75) is 25.4 Å². The average Bonchev–Trinajstić information content (AvgIpc) is 2.79. The van der Waals surface area contributed by atoms with E-state index in [0.717, 1.165) is 5.56 Å². The van der Waals surface area contributed by atoms with Gasteiger partial charge in [-0.05, 0) is 37.5 Å². The number of nitrogens with one attached hydrogen (secondary N) is 1. The maximum Gasteiger partial charge on any atom is 0.335 e. The van der Waals surface area contributed by atoms with Gasteiger partial charge >= 0.3 is 12.0 Å². The minimum absolute atomic E-state index is 0.192. The molecule has 0 aliphatic carbocycles. The summed E-state index contributed by atoms with van der Waals surface area (Å²) in [5.74, 6) is -0.958. The van der Waals surface area contributed by atoms with Gasteiger partial charge in [-0.15, -0.1) is 0 Å². The second-order valence-electron chi connectivity index (χ2n) is 5.66. The minimum Gasteiger partial charge on any atom is -0.478 e. The molecule has 0 aromatic heterocycles. The predicted molar refractivity (Wildman–Crippen MR) is 77.3 cm³/mol. The fourth-order valence-electron chi connectivity index (χ4n) is 2.40. The normalized spacial score (nSPS) is 21.3. The Labute approximate surface area is 123 Å². The molecule has 1 aromatic carbocycles. The van der Waals surface area contributed by atoms with Crippen molar-refractivity contribution in [1.29, 1.82) is 0 Å². The maximum absolute atomic E-state index is 11.9. The lowest BCUT2D eigenvalue weighted by molar-refractivity contribution is 0.0695. The van der Waals surface area contributed by atoms with E-state index < -0.39 is 11.6 Å². The Kier molecular flexibility index (Phi) is 4.47. The molecule has 1 fully saturated rings. The van der Waals surface area contributed by atoms with Crippen molar-refractivity contribution in [1.82, 2.24) is 10.2 Å². The van der Waals surface area contributed by atoms with E-state index in [1.165, 1.54) is 6.07 Å². The molecule has 0 spiro atoms. The fourth-order valence-corrected chi connectivity index (χ4v) is 2.40. The Balaban J connectivity index is 1.80. The first-order valence-electron chi connectivity index (χ1n) is 6.95. The molecule has 0 bridgehead atoms. The van der Waals surface area contributed by atoms with Gasteiger partial charge in [-0.2, -0.15) is 0 Å². The van der Waals surface area contributed by atoms with Gasteiger partial charge in [0.1, 0.15) is 0 Å². The molecule has 2 amide bonds.